The van der Waals surface area contributed by atoms with Crippen molar-refractivity contribution in [2.45, 2.75) is 38.5 Å². The molecule has 0 aliphatic rings. The van der Waals surface area contributed by atoms with E-state index in [4.69, 9.17) is 5.11 Å². The van der Waals surface area contributed by atoms with E-state index in [2.05, 4.69) is 36.4 Å². The van der Waals surface area contributed by atoms with Crippen molar-refractivity contribution in [1.82, 2.24) is 0 Å². The lowest BCUT2D eigenvalue weighted by Gasteiger charge is -1.98. The number of benzene rings is 1. The number of carboxylic acids is 1. The Morgan fingerprint density at radius 1 is 1.06 bits per heavy atom. The molecule has 0 aliphatic heterocycles. The number of aryl methyl sites for hydroxylation is 1. The molecular weight excluding hydrogens is 212 g/mol. The first-order chi connectivity index (χ1) is 8.29. The highest BCUT2D eigenvalue weighted by Crippen LogP contribution is 2.05. The number of hydrogen-bond acceptors (Lipinski definition) is 1. The van der Waals surface area contributed by atoms with E-state index in [9.17, 15) is 4.79 Å². The predicted octanol–water partition coefficient (Wildman–Crippen LogP) is 3.82. The number of carbonyl (C=O) groups is 1. The highest BCUT2D eigenvalue weighted by molar-refractivity contribution is 5.66. The number of carboxylic acid groups (broad SMARTS) is 1. The fourth-order valence-corrected chi connectivity index (χ4v) is 1.68. The third kappa shape index (κ3) is 7.34. The Kier molecular flexibility index (Phi) is 6.80. The minimum absolute atomic E-state index is 0.272. The van der Waals surface area contributed by atoms with E-state index < -0.39 is 5.97 Å². The lowest BCUT2D eigenvalue weighted by Crippen LogP contribution is -1.92. The van der Waals surface area contributed by atoms with E-state index in [-0.39, 0.29) is 6.42 Å². The molecule has 0 aliphatic carbocycles. The Hall–Kier alpha value is -1.57. The van der Waals surface area contributed by atoms with Crippen molar-refractivity contribution in [1.29, 1.82) is 0 Å². The Bertz CT molecular complexity index is 341. The minimum Gasteiger partial charge on any atom is -0.481 e. The number of hydrogen-bond donors (Lipinski definition) is 1. The third-order valence-corrected chi connectivity index (χ3v) is 2.61. The average Bonchev–Trinajstić information content (AvgIpc) is 2.33. The summed E-state index contributed by atoms with van der Waals surface area (Å²) in [5.41, 5.74) is 1.38. The van der Waals surface area contributed by atoms with Crippen molar-refractivity contribution in [2.75, 3.05) is 0 Å². The van der Waals surface area contributed by atoms with Crippen LogP contribution in [0.3, 0.4) is 0 Å². The van der Waals surface area contributed by atoms with Gasteiger partial charge < -0.3 is 5.11 Å². The van der Waals surface area contributed by atoms with Gasteiger partial charge in [-0.2, -0.15) is 0 Å². The second-order valence-corrected chi connectivity index (χ2v) is 4.14. The van der Waals surface area contributed by atoms with E-state index in [0.29, 0.717) is 0 Å². The van der Waals surface area contributed by atoms with Gasteiger partial charge in [0.25, 0.3) is 0 Å². The topological polar surface area (TPSA) is 37.3 Å². The highest BCUT2D eigenvalue weighted by Gasteiger charge is 1.93. The first-order valence-electron chi connectivity index (χ1n) is 6.20. The van der Waals surface area contributed by atoms with Gasteiger partial charge in [-0.15, -0.1) is 0 Å². The molecule has 0 fully saturated rings. The van der Waals surface area contributed by atoms with Gasteiger partial charge in [-0.25, -0.2) is 0 Å². The molecule has 0 unspecified atom stereocenters. The maximum atomic E-state index is 10.3. The fourth-order valence-electron chi connectivity index (χ4n) is 1.68. The van der Waals surface area contributed by atoms with Crippen LogP contribution in [0.15, 0.2) is 42.5 Å². The van der Waals surface area contributed by atoms with Crippen molar-refractivity contribution >= 4 is 5.97 Å². The van der Waals surface area contributed by atoms with Gasteiger partial charge in [-0.05, 0) is 37.7 Å². The zero-order valence-corrected chi connectivity index (χ0v) is 10.1. The Labute approximate surface area is 103 Å². The second-order valence-electron chi connectivity index (χ2n) is 4.14. The number of unbranched alkanes of at least 4 members (excludes halogenated alkanes) is 2. The summed E-state index contributed by atoms with van der Waals surface area (Å²) in [5.74, 6) is -0.706. The van der Waals surface area contributed by atoms with E-state index >= 15 is 0 Å². The molecule has 1 aromatic rings. The number of rotatable bonds is 8. The van der Waals surface area contributed by atoms with Crippen LogP contribution in [0.5, 0.6) is 0 Å². The summed E-state index contributed by atoms with van der Waals surface area (Å²) in [5, 5.41) is 8.46. The SMILES string of the molecule is O=C(O)CCCC=CCCCc1ccccc1. The van der Waals surface area contributed by atoms with E-state index in [1.165, 1.54) is 5.56 Å². The summed E-state index contributed by atoms with van der Waals surface area (Å²) in [6.07, 6.45) is 9.47. The van der Waals surface area contributed by atoms with Crippen LogP contribution >= 0.6 is 0 Å². The lowest BCUT2D eigenvalue weighted by molar-refractivity contribution is -0.137. The predicted molar refractivity (Wildman–Crippen MR) is 70.0 cm³/mol. The monoisotopic (exact) mass is 232 g/mol. The summed E-state index contributed by atoms with van der Waals surface area (Å²) in [6, 6.07) is 10.5. The summed E-state index contributed by atoms with van der Waals surface area (Å²) < 4.78 is 0. The van der Waals surface area contributed by atoms with E-state index in [1.54, 1.807) is 0 Å². The zero-order valence-electron chi connectivity index (χ0n) is 10.1. The maximum absolute atomic E-state index is 10.3. The molecule has 92 valence electrons. The average molecular weight is 232 g/mol. The summed E-state index contributed by atoms with van der Waals surface area (Å²) in [4.78, 5) is 10.3. The third-order valence-electron chi connectivity index (χ3n) is 2.61. The van der Waals surface area contributed by atoms with Gasteiger partial charge in [0.2, 0.25) is 0 Å². The lowest BCUT2D eigenvalue weighted by atomic mass is 10.1. The Morgan fingerprint density at radius 3 is 2.35 bits per heavy atom. The molecule has 1 rings (SSSR count). The Morgan fingerprint density at radius 2 is 1.71 bits per heavy atom. The summed E-state index contributed by atoms with van der Waals surface area (Å²) in [6.45, 7) is 0. The molecule has 0 aromatic heterocycles. The van der Waals surface area contributed by atoms with Crippen molar-refractivity contribution < 1.29 is 9.90 Å². The summed E-state index contributed by atoms with van der Waals surface area (Å²) >= 11 is 0. The largest absolute Gasteiger partial charge is 0.481 e. The van der Waals surface area contributed by atoms with Gasteiger partial charge >= 0.3 is 5.97 Å². The normalized spacial score (nSPS) is 10.8. The maximum Gasteiger partial charge on any atom is 0.303 e. The van der Waals surface area contributed by atoms with Gasteiger partial charge in [0, 0.05) is 6.42 Å². The standard InChI is InChI=1S/C15H20O2/c16-15(17)13-9-4-2-1-3-6-10-14-11-7-5-8-12-14/h1-2,5,7-8,11-12H,3-4,6,9-10,13H2,(H,16,17). The van der Waals surface area contributed by atoms with Gasteiger partial charge in [-0.3, -0.25) is 4.79 Å². The van der Waals surface area contributed by atoms with Crippen LogP contribution in [0.25, 0.3) is 0 Å². The van der Waals surface area contributed by atoms with Crippen molar-refractivity contribution in [2.24, 2.45) is 0 Å². The minimum atomic E-state index is -0.706. The van der Waals surface area contributed by atoms with Gasteiger partial charge in [0.15, 0.2) is 0 Å². The molecule has 1 aromatic carbocycles. The molecule has 17 heavy (non-hydrogen) atoms. The van der Waals surface area contributed by atoms with Crippen LogP contribution in [0.2, 0.25) is 0 Å². The van der Waals surface area contributed by atoms with Crippen LogP contribution in [-0.4, -0.2) is 11.1 Å². The van der Waals surface area contributed by atoms with E-state index in [0.717, 1.165) is 32.1 Å². The van der Waals surface area contributed by atoms with Gasteiger partial charge in [-0.1, -0.05) is 42.5 Å². The van der Waals surface area contributed by atoms with Crippen molar-refractivity contribution in [3.8, 4) is 0 Å². The Balaban J connectivity index is 2.00. The molecule has 0 bridgehead atoms. The smallest absolute Gasteiger partial charge is 0.303 e. The molecule has 0 saturated heterocycles. The number of aliphatic carboxylic acids is 1. The van der Waals surface area contributed by atoms with Crippen LogP contribution in [0.1, 0.15) is 37.7 Å². The van der Waals surface area contributed by atoms with Crippen molar-refractivity contribution in [3.05, 3.63) is 48.0 Å². The van der Waals surface area contributed by atoms with Crippen LogP contribution in [0.4, 0.5) is 0 Å². The molecule has 0 heterocycles. The fraction of sp³-hybridized carbons (Fsp3) is 0.400. The van der Waals surface area contributed by atoms with Crippen LogP contribution in [-0.2, 0) is 11.2 Å². The molecule has 0 amide bonds. The molecular formula is C15H20O2. The zero-order chi connectivity index (χ0) is 12.3. The quantitative estimate of drug-likeness (QED) is 0.546. The molecule has 0 spiro atoms. The molecule has 2 nitrogen and oxygen atoms in total. The van der Waals surface area contributed by atoms with Crippen molar-refractivity contribution in [3.63, 3.8) is 0 Å². The molecule has 0 atom stereocenters. The molecule has 2 heteroatoms. The van der Waals surface area contributed by atoms with Gasteiger partial charge in [0.1, 0.15) is 0 Å². The van der Waals surface area contributed by atoms with Crippen LogP contribution < -0.4 is 0 Å². The van der Waals surface area contributed by atoms with E-state index in [1.807, 2.05) is 6.07 Å². The highest BCUT2D eigenvalue weighted by atomic mass is 16.4. The second kappa shape index (κ2) is 8.57. The first-order valence-corrected chi connectivity index (χ1v) is 6.20. The van der Waals surface area contributed by atoms with Crippen LogP contribution in [0, 0.1) is 0 Å². The number of allylic oxidation sites excluding steroid dienone is 2. The first kappa shape index (κ1) is 13.5. The molecule has 0 radical (unpaired) electrons. The molecule has 0 saturated carbocycles. The molecule has 1 N–H and O–H groups in total. The van der Waals surface area contributed by atoms with Gasteiger partial charge in [0.05, 0.1) is 0 Å². The summed E-state index contributed by atoms with van der Waals surface area (Å²) in [7, 11) is 0.